The molecule has 1 aliphatic rings. The summed E-state index contributed by atoms with van der Waals surface area (Å²) >= 11 is 0.880. The van der Waals surface area contributed by atoms with Crippen molar-refractivity contribution < 1.29 is 19.8 Å². The van der Waals surface area contributed by atoms with Crippen molar-refractivity contribution in [1.29, 1.82) is 0 Å². The van der Waals surface area contributed by atoms with Gasteiger partial charge >= 0.3 is 5.97 Å². The highest BCUT2D eigenvalue weighted by Gasteiger charge is 2.39. The molecular formula is C8H9N3O4S. The first-order chi connectivity index (χ1) is 7.59. The molecule has 1 aromatic heterocycles. The van der Waals surface area contributed by atoms with Crippen LogP contribution in [0.15, 0.2) is 6.20 Å². The number of carbonyl (C=O) groups is 2. The Morgan fingerprint density at radius 1 is 1.56 bits per heavy atom. The van der Waals surface area contributed by atoms with Gasteiger partial charge in [0.25, 0.3) is 5.91 Å². The number of aliphatic carboxylic acids is 1. The zero-order valence-electron chi connectivity index (χ0n) is 8.11. The molecule has 0 radical (unpaired) electrons. The van der Waals surface area contributed by atoms with Gasteiger partial charge in [0.2, 0.25) is 0 Å². The molecule has 7 nitrogen and oxygen atoms in total. The van der Waals surface area contributed by atoms with E-state index >= 15 is 0 Å². The first-order valence-electron chi connectivity index (χ1n) is 4.59. The average molecular weight is 243 g/mol. The van der Waals surface area contributed by atoms with Crippen LogP contribution in [0.4, 0.5) is 0 Å². The van der Waals surface area contributed by atoms with Crippen molar-refractivity contribution in [3.8, 4) is 0 Å². The summed E-state index contributed by atoms with van der Waals surface area (Å²) in [5, 5.41) is 18.3. The minimum absolute atomic E-state index is 0.0212. The lowest BCUT2D eigenvalue weighted by Gasteiger charge is -2.19. The second kappa shape index (κ2) is 4.14. The normalized spacial score (nSPS) is 24.7. The summed E-state index contributed by atoms with van der Waals surface area (Å²) in [6.45, 7) is 0.0212. The lowest BCUT2D eigenvalue weighted by molar-refractivity contribution is -0.141. The summed E-state index contributed by atoms with van der Waals surface area (Å²) in [5.74, 6) is -1.62. The lowest BCUT2D eigenvalue weighted by Crippen LogP contribution is -2.40. The van der Waals surface area contributed by atoms with Gasteiger partial charge in [-0.3, -0.25) is 4.79 Å². The van der Waals surface area contributed by atoms with Crippen LogP contribution in [0.25, 0.3) is 0 Å². The van der Waals surface area contributed by atoms with E-state index in [1.807, 2.05) is 0 Å². The van der Waals surface area contributed by atoms with E-state index in [9.17, 15) is 14.7 Å². The number of carboxylic acid groups (broad SMARTS) is 1. The van der Waals surface area contributed by atoms with Gasteiger partial charge in [0.1, 0.15) is 6.04 Å². The molecule has 0 spiro atoms. The summed E-state index contributed by atoms with van der Waals surface area (Å²) in [7, 11) is 0. The topological polar surface area (TPSA) is 104 Å². The van der Waals surface area contributed by atoms with Gasteiger partial charge in [0.15, 0.2) is 5.69 Å². The third kappa shape index (κ3) is 1.89. The fourth-order valence-electron chi connectivity index (χ4n) is 1.68. The zero-order chi connectivity index (χ0) is 11.7. The SMILES string of the molecule is O=C(O)[C@@H]1C[C@@H](O)CN1C(=O)c1cnsn1. The predicted molar refractivity (Wildman–Crippen MR) is 53.0 cm³/mol. The minimum Gasteiger partial charge on any atom is -0.480 e. The van der Waals surface area contributed by atoms with Gasteiger partial charge in [-0.15, -0.1) is 0 Å². The number of rotatable bonds is 2. The molecular weight excluding hydrogens is 234 g/mol. The maximum atomic E-state index is 11.8. The number of hydrogen-bond donors (Lipinski definition) is 2. The fraction of sp³-hybridized carbons (Fsp3) is 0.500. The number of aliphatic hydroxyl groups excluding tert-OH is 1. The van der Waals surface area contributed by atoms with Crippen molar-refractivity contribution in [3.63, 3.8) is 0 Å². The van der Waals surface area contributed by atoms with Crippen molar-refractivity contribution in [2.24, 2.45) is 0 Å². The molecule has 1 aliphatic heterocycles. The fourth-order valence-corrected chi connectivity index (χ4v) is 2.09. The standard InChI is InChI=1S/C8H9N3O4S/c12-4-1-6(8(14)15)11(3-4)7(13)5-2-9-16-10-5/h2,4,6,12H,1,3H2,(H,14,15)/t4-,6+/m1/s1. The molecule has 2 N–H and O–H groups in total. The Morgan fingerprint density at radius 2 is 2.31 bits per heavy atom. The molecule has 2 atom stereocenters. The van der Waals surface area contributed by atoms with Crippen LogP contribution in [0.3, 0.4) is 0 Å². The number of β-amino-alcohol motifs (C(OH)–C–C–N with tert-alkyl or cyclic N) is 1. The zero-order valence-corrected chi connectivity index (χ0v) is 8.92. The van der Waals surface area contributed by atoms with Crippen LogP contribution in [0, 0.1) is 0 Å². The van der Waals surface area contributed by atoms with Crippen LogP contribution in [-0.2, 0) is 4.79 Å². The summed E-state index contributed by atoms with van der Waals surface area (Å²) in [5.41, 5.74) is 0.116. The molecule has 1 fully saturated rings. The van der Waals surface area contributed by atoms with E-state index in [-0.39, 0.29) is 18.7 Å². The maximum absolute atomic E-state index is 11.8. The number of aliphatic hydroxyl groups is 1. The number of carboxylic acids is 1. The second-order valence-corrected chi connectivity index (χ2v) is 4.05. The van der Waals surface area contributed by atoms with Crippen LogP contribution in [0.5, 0.6) is 0 Å². The Labute approximate surface area is 94.6 Å². The van der Waals surface area contributed by atoms with Crippen LogP contribution < -0.4 is 0 Å². The molecule has 2 heterocycles. The lowest BCUT2D eigenvalue weighted by atomic mass is 10.2. The summed E-state index contributed by atoms with van der Waals surface area (Å²) in [6, 6.07) is -0.982. The van der Waals surface area contributed by atoms with E-state index in [0.717, 1.165) is 16.6 Å². The molecule has 1 aromatic rings. The molecule has 0 aliphatic carbocycles. The van der Waals surface area contributed by atoms with E-state index in [1.165, 1.54) is 6.20 Å². The van der Waals surface area contributed by atoms with Gasteiger partial charge in [-0.2, -0.15) is 8.75 Å². The van der Waals surface area contributed by atoms with Crippen molar-refractivity contribution >= 4 is 23.6 Å². The van der Waals surface area contributed by atoms with Gasteiger partial charge in [-0.25, -0.2) is 4.79 Å². The van der Waals surface area contributed by atoms with Crippen LogP contribution in [-0.4, -0.2) is 54.4 Å². The highest BCUT2D eigenvalue weighted by Crippen LogP contribution is 2.20. The predicted octanol–water partition coefficient (Wildman–Crippen LogP) is -0.802. The van der Waals surface area contributed by atoms with E-state index < -0.39 is 24.0 Å². The van der Waals surface area contributed by atoms with Gasteiger partial charge in [0, 0.05) is 13.0 Å². The van der Waals surface area contributed by atoms with Gasteiger partial charge in [0.05, 0.1) is 24.0 Å². The van der Waals surface area contributed by atoms with Gasteiger partial charge in [-0.05, 0) is 0 Å². The first-order valence-corrected chi connectivity index (χ1v) is 5.32. The quantitative estimate of drug-likeness (QED) is 0.704. The van der Waals surface area contributed by atoms with Crippen molar-refractivity contribution in [2.75, 3.05) is 6.54 Å². The second-order valence-electron chi connectivity index (χ2n) is 3.49. The van der Waals surface area contributed by atoms with Crippen LogP contribution in [0.2, 0.25) is 0 Å². The third-order valence-corrected chi connectivity index (χ3v) is 2.88. The Kier molecular flexibility index (Phi) is 2.84. The van der Waals surface area contributed by atoms with Crippen molar-refractivity contribution in [2.45, 2.75) is 18.6 Å². The number of carbonyl (C=O) groups excluding carboxylic acids is 1. The molecule has 0 saturated carbocycles. The van der Waals surface area contributed by atoms with E-state index in [2.05, 4.69) is 8.75 Å². The van der Waals surface area contributed by atoms with Gasteiger partial charge in [-0.1, -0.05) is 0 Å². The first kappa shape index (κ1) is 11.0. The molecule has 1 saturated heterocycles. The number of hydrogen-bond acceptors (Lipinski definition) is 6. The highest BCUT2D eigenvalue weighted by molar-refractivity contribution is 6.99. The average Bonchev–Trinajstić information content (AvgIpc) is 2.84. The molecule has 2 rings (SSSR count). The maximum Gasteiger partial charge on any atom is 0.326 e. The molecule has 8 heteroatoms. The summed E-state index contributed by atoms with van der Waals surface area (Å²) < 4.78 is 7.42. The molecule has 16 heavy (non-hydrogen) atoms. The monoisotopic (exact) mass is 243 g/mol. The molecule has 0 bridgehead atoms. The Morgan fingerprint density at radius 3 is 2.88 bits per heavy atom. The summed E-state index contributed by atoms with van der Waals surface area (Å²) in [4.78, 5) is 23.8. The van der Waals surface area contributed by atoms with Gasteiger partial charge < -0.3 is 15.1 Å². The number of nitrogens with zero attached hydrogens (tertiary/aromatic N) is 3. The van der Waals surface area contributed by atoms with Crippen LogP contribution in [0.1, 0.15) is 16.9 Å². The molecule has 0 aromatic carbocycles. The van der Waals surface area contributed by atoms with E-state index in [0.29, 0.717) is 0 Å². The Bertz CT molecular complexity index is 407. The highest BCUT2D eigenvalue weighted by atomic mass is 32.1. The molecule has 86 valence electrons. The van der Waals surface area contributed by atoms with Crippen LogP contribution >= 0.6 is 11.7 Å². The Balaban J connectivity index is 2.20. The molecule has 0 unspecified atom stereocenters. The van der Waals surface area contributed by atoms with E-state index in [1.54, 1.807) is 0 Å². The summed E-state index contributed by atoms with van der Waals surface area (Å²) in [6.07, 6.45) is 0.548. The molecule has 1 amide bonds. The third-order valence-electron chi connectivity index (χ3n) is 2.41. The number of amides is 1. The number of likely N-dealkylation sites (tertiary alicyclic amines) is 1. The largest absolute Gasteiger partial charge is 0.480 e. The minimum atomic E-state index is -1.12. The smallest absolute Gasteiger partial charge is 0.326 e. The van der Waals surface area contributed by atoms with Crippen molar-refractivity contribution in [3.05, 3.63) is 11.9 Å². The number of aromatic nitrogens is 2. The van der Waals surface area contributed by atoms with Crippen molar-refractivity contribution in [1.82, 2.24) is 13.6 Å². The Hall–Kier alpha value is -1.54. The van der Waals surface area contributed by atoms with E-state index in [4.69, 9.17) is 5.11 Å².